The number of hydrogen-bond acceptors (Lipinski definition) is 4. The first-order chi connectivity index (χ1) is 12.8. The third kappa shape index (κ3) is 4.15. The van der Waals surface area contributed by atoms with Gasteiger partial charge in [0, 0.05) is 19.8 Å². The van der Waals surface area contributed by atoms with Crippen molar-refractivity contribution in [3.8, 4) is 6.07 Å². The second-order valence-corrected chi connectivity index (χ2v) is 6.15. The Kier molecular flexibility index (Phi) is 5.99. The molecule has 0 aliphatic heterocycles. The summed E-state index contributed by atoms with van der Waals surface area (Å²) in [6.07, 6.45) is 0. The molecule has 0 saturated carbocycles. The minimum Gasteiger partial charge on any atom is -0.355 e. The summed E-state index contributed by atoms with van der Waals surface area (Å²) in [4.78, 5) is 26.7. The molecule has 2 amide bonds. The summed E-state index contributed by atoms with van der Waals surface area (Å²) in [6, 6.07) is 12.8. The van der Waals surface area contributed by atoms with E-state index >= 15 is 0 Å². The zero-order valence-corrected chi connectivity index (χ0v) is 15.9. The second kappa shape index (κ2) is 8.19. The number of carbonyl (C=O) groups excluding carboxylic acids is 2. The lowest BCUT2D eigenvalue weighted by atomic mass is 10.0. The minimum absolute atomic E-state index is 0.230. The first-order valence-corrected chi connectivity index (χ1v) is 8.36. The van der Waals surface area contributed by atoms with E-state index in [1.165, 1.54) is 13.1 Å². The van der Waals surface area contributed by atoms with Gasteiger partial charge in [0.15, 0.2) is 0 Å². The first kappa shape index (κ1) is 19.7. The van der Waals surface area contributed by atoms with Crippen LogP contribution in [0.5, 0.6) is 0 Å². The highest BCUT2D eigenvalue weighted by Gasteiger charge is 2.20. The molecule has 0 aliphatic carbocycles. The third-order valence-electron chi connectivity index (χ3n) is 4.32. The van der Waals surface area contributed by atoms with Gasteiger partial charge in [0.05, 0.1) is 28.6 Å². The fourth-order valence-corrected chi connectivity index (χ4v) is 2.75. The molecule has 0 aromatic heterocycles. The molecule has 2 N–H and O–H groups in total. The van der Waals surface area contributed by atoms with Crippen LogP contribution in [0.15, 0.2) is 48.7 Å². The first-order valence-electron chi connectivity index (χ1n) is 8.36. The molecule has 6 heteroatoms. The van der Waals surface area contributed by atoms with Gasteiger partial charge < -0.3 is 15.5 Å². The lowest BCUT2D eigenvalue weighted by Gasteiger charge is -2.23. The Morgan fingerprint density at radius 1 is 1.15 bits per heavy atom. The number of benzene rings is 2. The van der Waals surface area contributed by atoms with Crippen LogP contribution >= 0.6 is 0 Å². The fraction of sp³-hybridized carbons (Fsp3) is 0.190. The summed E-state index contributed by atoms with van der Waals surface area (Å²) in [7, 11) is 3.25. The van der Waals surface area contributed by atoms with Crippen LogP contribution in [-0.2, 0) is 4.79 Å². The summed E-state index contributed by atoms with van der Waals surface area (Å²) in [6.45, 7) is 7.57. The molecule has 0 aliphatic rings. The van der Waals surface area contributed by atoms with Gasteiger partial charge in [-0.25, -0.2) is 0 Å². The molecule has 6 nitrogen and oxygen atoms in total. The maximum absolute atomic E-state index is 12.8. The number of amides is 2. The van der Waals surface area contributed by atoms with Crippen molar-refractivity contribution in [2.45, 2.75) is 13.8 Å². The summed E-state index contributed by atoms with van der Waals surface area (Å²) >= 11 is 0. The van der Waals surface area contributed by atoms with Crippen LogP contribution in [0.3, 0.4) is 0 Å². The predicted octanol–water partition coefficient (Wildman–Crippen LogP) is 3.12. The molecular formula is C21H22N4O2. The monoisotopic (exact) mass is 362 g/mol. The Morgan fingerprint density at radius 3 is 2.41 bits per heavy atom. The Labute approximate surface area is 159 Å². The zero-order chi connectivity index (χ0) is 20.1. The number of likely N-dealkylation sites (N-methyl/N-ethyl adjacent to an activating group) is 1. The standard InChI is InChI=1S/C21H22N4O2/c1-13-8-6-7-9-18(13)25(5)15(3)20(26)24-19-14(2)10-16(12-22)11-17(19)21(27)23-4/h6-11H,3H2,1-2,4-5H3,(H,23,27)(H,24,26). The van der Waals surface area contributed by atoms with Crippen molar-refractivity contribution in [1.29, 1.82) is 5.26 Å². The summed E-state index contributed by atoms with van der Waals surface area (Å²) in [5.74, 6) is -0.818. The smallest absolute Gasteiger partial charge is 0.271 e. The van der Waals surface area contributed by atoms with Crippen LogP contribution < -0.4 is 15.5 Å². The molecule has 0 spiro atoms. The van der Waals surface area contributed by atoms with Crippen molar-refractivity contribution in [3.05, 3.63) is 70.9 Å². The lowest BCUT2D eigenvalue weighted by molar-refractivity contribution is -0.112. The number of anilines is 2. The van der Waals surface area contributed by atoms with Crippen molar-refractivity contribution >= 4 is 23.2 Å². The van der Waals surface area contributed by atoms with E-state index in [4.69, 9.17) is 5.26 Å². The number of hydrogen-bond donors (Lipinski definition) is 2. The molecule has 0 atom stereocenters. The van der Waals surface area contributed by atoms with Crippen LogP contribution in [0.4, 0.5) is 11.4 Å². The number of carbonyl (C=O) groups is 2. The third-order valence-corrected chi connectivity index (χ3v) is 4.32. The number of nitrogens with zero attached hydrogens (tertiary/aromatic N) is 2. The van der Waals surface area contributed by atoms with Crippen LogP contribution in [0.1, 0.15) is 27.0 Å². The van der Waals surface area contributed by atoms with Crippen LogP contribution in [0.25, 0.3) is 0 Å². The van der Waals surface area contributed by atoms with Gasteiger partial charge in [-0.3, -0.25) is 9.59 Å². The number of aryl methyl sites for hydroxylation is 2. The summed E-state index contributed by atoms with van der Waals surface area (Å²) in [5.41, 5.74) is 3.66. The van der Waals surface area contributed by atoms with Crippen molar-refractivity contribution in [3.63, 3.8) is 0 Å². The van der Waals surface area contributed by atoms with Gasteiger partial charge in [0.25, 0.3) is 11.8 Å². The predicted molar refractivity (Wildman–Crippen MR) is 107 cm³/mol. The van der Waals surface area contributed by atoms with E-state index in [-0.39, 0.29) is 17.2 Å². The topological polar surface area (TPSA) is 85.2 Å². The SMILES string of the molecule is C=C(C(=O)Nc1c(C)cc(C#N)cc1C(=O)NC)N(C)c1ccccc1C. The number of rotatable bonds is 5. The molecule has 138 valence electrons. The average Bonchev–Trinajstić information content (AvgIpc) is 2.67. The molecule has 2 rings (SSSR count). The molecular weight excluding hydrogens is 340 g/mol. The van der Waals surface area contributed by atoms with Gasteiger partial charge in [0.1, 0.15) is 0 Å². The van der Waals surface area contributed by atoms with E-state index in [1.54, 1.807) is 24.9 Å². The van der Waals surface area contributed by atoms with Gasteiger partial charge >= 0.3 is 0 Å². The molecule has 0 saturated heterocycles. The van der Waals surface area contributed by atoms with E-state index in [0.29, 0.717) is 16.8 Å². The molecule has 27 heavy (non-hydrogen) atoms. The maximum Gasteiger partial charge on any atom is 0.271 e. The van der Waals surface area contributed by atoms with Crippen LogP contribution in [-0.4, -0.2) is 25.9 Å². The summed E-state index contributed by atoms with van der Waals surface area (Å²) < 4.78 is 0. The van der Waals surface area contributed by atoms with E-state index in [0.717, 1.165) is 11.3 Å². The molecule has 2 aromatic rings. The number of nitriles is 1. The fourth-order valence-electron chi connectivity index (χ4n) is 2.75. The molecule has 0 bridgehead atoms. The van der Waals surface area contributed by atoms with Gasteiger partial charge in [0.2, 0.25) is 0 Å². The van der Waals surface area contributed by atoms with E-state index in [1.807, 2.05) is 37.3 Å². The van der Waals surface area contributed by atoms with E-state index in [2.05, 4.69) is 17.2 Å². The van der Waals surface area contributed by atoms with Crippen LogP contribution in [0.2, 0.25) is 0 Å². The molecule has 0 heterocycles. The van der Waals surface area contributed by atoms with Gasteiger partial charge in [-0.1, -0.05) is 24.8 Å². The zero-order valence-electron chi connectivity index (χ0n) is 15.9. The molecule has 2 aromatic carbocycles. The van der Waals surface area contributed by atoms with Gasteiger partial charge in [-0.15, -0.1) is 0 Å². The molecule has 0 unspecified atom stereocenters. The van der Waals surface area contributed by atoms with Crippen LogP contribution in [0, 0.1) is 25.2 Å². The number of para-hydroxylation sites is 1. The normalized spacial score (nSPS) is 9.89. The van der Waals surface area contributed by atoms with Crippen molar-refractivity contribution in [1.82, 2.24) is 5.32 Å². The Morgan fingerprint density at radius 2 is 1.81 bits per heavy atom. The Balaban J connectivity index is 2.35. The van der Waals surface area contributed by atoms with Crippen molar-refractivity contribution in [2.75, 3.05) is 24.3 Å². The van der Waals surface area contributed by atoms with E-state index in [9.17, 15) is 9.59 Å². The largest absolute Gasteiger partial charge is 0.355 e. The average molecular weight is 362 g/mol. The summed E-state index contributed by atoms with van der Waals surface area (Å²) in [5, 5.41) is 14.4. The van der Waals surface area contributed by atoms with Crippen molar-refractivity contribution in [2.24, 2.45) is 0 Å². The van der Waals surface area contributed by atoms with Gasteiger partial charge in [-0.2, -0.15) is 5.26 Å². The highest BCUT2D eigenvalue weighted by Crippen LogP contribution is 2.25. The Hall–Kier alpha value is -3.59. The second-order valence-electron chi connectivity index (χ2n) is 6.15. The molecule has 0 fully saturated rings. The molecule has 0 radical (unpaired) electrons. The van der Waals surface area contributed by atoms with Crippen molar-refractivity contribution < 1.29 is 9.59 Å². The quantitative estimate of drug-likeness (QED) is 0.800. The maximum atomic E-state index is 12.8. The van der Waals surface area contributed by atoms with E-state index < -0.39 is 5.91 Å². The lowest BCUT2D eigenvalue weighted by Crippen LogP contribution is -2.29. The highest BCUT2D eigenvalue weighted by atomic mass is 16.2. The minimum atomic E-state index is -0.432. The Bertz CT molecular complexity index is 957. The highest BCUT2D eigenvalue weighted by molar-refractivity contribution is 6.10. The number of nitrogens with one attached hydrogen (secondary N) is 2. The van der Waals surface area contributed by atoms with Gasteiger partial charge in [-0.05, 0) is 43.2 Å².